The molecular weight excluding hydrogens is 214 g/mol. The largest absolute Gasteiger partial charge is 0.354 e. The van der Waals surface area contributed by atoms with E-state index in [2.05, 4.69) is 20.3 Å². The van der Waals surface area contributed by atoms with E-state index in [0.29, 0.717) is 12.5 Å². The summed E-state index contributed by atoms with van der Waals surface area (Å²) < 4.78 is 0. The lowest BCUT2D eigenvalue weighted by atomic mass is 10.2. The van der Waals surface area contributed by atoms with Crippen LogP contribution in [0, 0.1) is 0 Å². The SMILES string of the molecule is NCCCNc1ncc(-c2cccnc2)cn1. The van der Waals surface area contributed by atoms with Crippen molar-refractivity contribution in [2.75, 3.05) is 18.4 Å². The minimum atomic E-state index is 0.631. The molecule has 0 aromatic carbocycles. The monoisotopic (exact) mass is 229 g/mol. The Balaban J connectivity index is 2.03. The van der Waals surface area contributed by atoms with E-state index in [9.17, 15) is 0 Å². The second-order valence-electron chi connectivity index (χ2n) is 3.61. The van der Waals surface area contributed by atoms with E-state index in [1.165, 1.54) is 0 Å². The van der Waals surface area contributed by atoms with Gasteiger partial charge in [0.2, 0.25) is 5.95 Å². The third kappa shape index (κ3) is 3.22. The maximum atomic E-state index is 5.41. The van der Waals surface area contributed by atoms with Gasteiger partial charge in [-0.15, -0.1) is 0 Å². The lowest BCUT2D eigenvalue weighted by molar-refractivity contribution is 0.864. The smallest absolute Gasteiger partial charge is 0.222 e. The van der Waals surface area contributed by atoms with Gasteiger partial charge in [-0.2, -0.15) is 0 Å². The molecule has 17 heavy (non-hydrogen) atoms. The maximum absolute atomic E-state index is 5.41. The predicted octanol–water partition coefficient (Wildman–Crippen LogP) is 1.30. The summed E-state index contributed by atoms with van der Waals surface area (Å²) in [7, 11) is 0. The summed E-state index contributed by atoms with van der Waals surface area (Å²) in [4.78, 5) is 12.5. The van der Waals surface area contributed by atoms with Gasteiger partial charge in [0.05, 0.1) is 0 Å². The Morgan fingerprint density at radius 1 is 1.12 bits per heavy atom. The van der Waals surface area contributed by atoms with Gasteiger partial charge < -0.3 is 11.1 Å². The molecule has 0 aliphatic carbocycles. The van der Waals surface area contributed by atoms with Crippen LogP contribution >= 0.6 is 0 Å². The lowest BCUT2D eigenvalue weighted by Gasteiger charge is -2.04. The Kier molecular flexibility index (Phi) is 3.99. The molecule has 0 spiro atoms. The van der Waals surface area contributed by atoms with Crippen LogP contribution in [-0.2, 0) is 0 Å². The Hall–Kier alpha value is -2.01. The van der Waals surface area contributed by atoms with E-state index < -0.39 is 0 Å². The number of nitrogens with one attached hydrogen (secondary N) is 1. The molecule has 3 N–H and O–H groups in total. The molecule has 0 aliphatic rings. The molecule has 0 saturated carbocycles. The van der Waals surface area contributed by atoms with Crippen molar-refractivity contribution in [3.8, 4) is 11.1 Å². The highest BCUT2D eigenvalue weighted by molar-refractivity contribution is 5.60. The minimum Gasteiger partial charge on any atom is -0.354 e. The van der Waals surface area contributed by atoms with Gasteiger partial charge in [0, 0.05) is 42.5 Å². The van der Waals surface area contributed by atoms with Crippen LogP contribution < -0.4 is 11.1 Å². The molecule has 2 aromatic heterocycles. The van der Waals surface area contributed by atoms with Crippen LogP contribution in [0.1, 0.15) is 6.42 Å². The molecule has 0 fully saturated rings. The first kappa shape index (κ1) is 11.5. The fourth-order valence-electron chi connectivity index (χ4n) is 1.40. The first-order valence-electron chi connectivity index (χ1n) is 5.56. The number of hydrogen-bond acceptors (Lipinski definition) is 5. The van der Waals surface area contributed by atoms with Crippen molar-refractivity contribution in [1.82, 2.24) is 15.0 Å². The van der Waals surface area contributed by atoms with E-state index in [0.717, 1.165) is 24.1 Å². The van der Waals surface area contributed by atoms with E-state index in [4.69, 9.17) is 5.73 Å². The normalized spacial score (nSPS) is 10.2. The zero-order valence-corrected chi connectivity index (χ0v) is 9.50. The van der Waals surface area contributed by atoms with Crippen molar-refractivity contribution >= 4 is 5.95 Å². The predicted molar refractivity (Wildman–Crippen MR) is 67.4 cm³/mol. The van der Waals surface area contributed by atoms with Crippen LogP contribution in [0.15, 0.2) is 36.9 Å². The Bertz CT molecular complexity index is 440. The number of rotatable bonds is 5. The molecule has 2 heterocycles. The standard InChI is InChI=1S/C12H15N5/c13-4-2-6-15-12-16-8-11(9-17-12)10-3-1-5-14-7-10/h1,3,5,7-9H,2,4,6,13H2,(H,15,16,17). The van der Waals surface area contributed by atoms with Gasteiger partial charge in [0.25, 0.3) is 0 Å². The van der Waals surface area contributed by atoms with Crippen molar-refractivity contribution in [1.29, 1.82) is 0 Å². The molecule has 0 aliphatic heterocycles. The van der Waals surface area contributed by atoms with Crippen LogP contribution in [0.4, 0.5) is 5.95 Å². The molecule has 5 nitrogen and oxygen atoms in total. The summed E-state index contributed by atoms with van der Waals surface area (Å²) in [5, 5.41) is 3.11. The van der Waals surface area contributed by atoms with Crippen LogP contribution in [0.3, 0.4) is 0 Å². The third-order valence-electron chi connectivity index (χ3n) is 2.31. The number of anilines is 1. The third-order valence-corrected chi connectivity index (χ3v) is 2.31. The van der Waals surface area contributed by atoms with E-state index >= 15 is 0 Å². The zero-order valence-electron chi connectivity index (χ0n) is 9.50. The fraction of sp³-hybridized carbons (Fsp3) is 0.250. The number of aromatic nitrogens is 3. The molecule has 0 bridgehead atoms. The molecule has 0 unspecified atom stereocenters. The van der Waals surface area contributed by atoms with E-state index in [1.807, 2.05) is 12.1 Å². The molecule has 0 atom stereocenters. The quantitative estimate of drug-likeness (QED) is 0.756. The Labute approximate surface area is 100 Å². The highest BCUT2D eigenvalue weighted by Crippen LogP contribution is 2.15. The molecule has 0 saturated heterocycles. The Morgan fingerprint density at radius 3 is 2.59 bits per heavy atom. The molecule has 0 radical (unpaired) electrons. The molecule has 2 rings (SSSR count). The van der Waals surface area contributed by atoms with E-state index in [-0.39, 0.29) is 0 Å². The van der Waals surface area contributed by atoms with Crippen LogP contribution in [0.5, 0.6) is 0 Å². The van der Waals surface area contributed by atoms with Crippen molar-refractivity contribution in [2.24, 2.45) is 5.73 Å². The summed E-state index contributed by atoms with van der Waals surface area (Å²) >= 11 is 0. The van der Waals surface area contributed by atoms with Gasteiger partial charge >= 0.3 is 0 Å². The van der Waals surface area contributed by atoms with E-state index in [1.54, 1.807) is 24.8 Å². The Morgan fingerprint density at radius 2 is 1.94 bits per heavy atom. The van der Waals surface area contributed by atoms with Crippen molar-refractivity contribution in [2.45, 2.75) is 6.42 Å². The molecule has 5 heteroatoms. The molecule has 0 amide bonds. The maximum Gasteiger partial charge on any atom is 0.222 e. The van der Waals surface area contributed by atoms with Gasteiger partial charge in [0.1, 0.15) is 0 Å². The molecular formula is C12H15N5. The summed E-state index contributed by atoms with van der Waals surface area (Å²) in [6.45, 7) is 1.46. The summed E-state index contributed by atoms with van der Waals surface area (Å²) in [5.41, 5.74) is 7.38. The highest BCUT2D eigenvalue weighted by atomic mass is 15.1. The molecule has 88 valence electrons. The second-order valence-corrected chi connectivity index (χ2v) is 3.61. The van der Waals surface area contributed by atoms with Gasteiger partial charge in [-0.05, 0) is 19.0 Å². The summed E-state index contributed by atoms with van der Waals surface area (Å²) in [5.74, 6) is 0.631. The highest BCUT2D eigenvalue weighted by Gasteiger charge is 1.99. The average molecular weight is 229 g/mol. The number of hydrogen-bond donors (Lipinski definition) is 2. The van der Waals surface area contributed by atoms with Crippen LogP contribution in [0.25, 0.3) is 11.1 Å². The second kappa shape index (κ2) is 5.91. The van der Waals surface area contributed by atoms with Gasteiger partial charge in [0.15, 0.2) is 0 Å². The zero-order chi connectivity index (χ0) is 11.9. The van der Waals surface area contributed by atoms with Crippen LogP contribution in [-0.4, -0.2) is 28.0 Å². The molecule has 2 aromatic rings. The lowest BCUT2D eigenvalue weighted by Crippen LogP contribution is -2.10. The number of nitrogens with two attached hydrogens (primary N) is 1. The van der Waals surface area contributed by atoms with Crippen molar-refractivity contribution < 1.29 is 0 Å². The first-order chi connectivity index (χ1) is 8.40. The number of nitrogens with zero attached hydrogens (tertiary/aromatic N) is 3. The van der Waals surface area contributed by atoms with Gasteiger partial charge in [-0.1, -0.05) is 6.07 Å². The van der Waals surface area contributed by atoms with Gasteiger partial charge in [-0.3, -0.25) is 4.98 Å². The average Bonchev–Trinajstić information content (AvgIpc) is 2.41. The van der Waals surface area contributed by atoms with Gasteiger partial charge in [-0.25, -0.2) is 9.97 Å². The number of pyridine rings is 1. The van der Waals surface area contributed by atoms with Crippen molar-refractivity contribution in [3.05, 3.63) is 36.9 Å². The van der Waals surface area contributed by atoms with Crippen LogP contribution in [0.2, 0.25) is 0 Å². The first-order valence-corrected chi connectivity index (χ1v) is 5.56. The fourth-order valence-corrected chi connectivity index (χ4v) is 1.40. The topological polar surface area (TPSA) is 76.7 Å². The van der Waals surface area contributed by atoms with Crippen molar-refractivity contribution in [3.63, 3.8) is 0 Å². The minimum absolute atomic E-state index is 0.631. The summed E-state index contributed by atoms with van der Waals surface area (Å²) in [6.07, 6.45) is 8.02. The summed E-state index contributed by atoms with van der Waals surface area (Å²) in [6, 6.07) is 3.87.